The number of methoxy groups -OCH3 is 1. The topological polar surface area (TPSA) is 62.2 Å². The first kappa shape index (κ1) is 14.1. The third kappa shape index (κ3) is 1.70. The second-order valence-electron chi connectivity index (χ2n) is 6.54. The molecule has 0 fully saturated rings. The van der Waals surface area contributed by atoms with E-state index in [0.717, 1.165) is 30.8 Å². The monoisotopic (exact) mass is 303 g/mol. The number of benzene rings is 1. The van der Waals surface area contributed by atoms with E-state index in [9.17, 15) is 10.2 Å². The zero-order chi connectivity index (χ0) is 15.5. The predicted octanol–water partition coefficient (Wildman–Crippen LogP) is 0.821. The quantitative estimate of drug-likeness (QED) is 0.752. The van der Waals surface area contributed by atoms with Crippen LogP contribution in [0.15, 0.2) is 24.3 Å². The number of aliphatic hydroxyl groups excluding tert-OH is 2. The highest BCUT2D eigenvalue weighted by Gasteiger charge is 2.56. The Morgan fingerprint density at radius 1 is 1.36 bits per heavy atom. The van der Waals surface area contributed by atoms with Crippen LogP contribution < -0.4 is 9.47 Å². The Bertz CT molecular complexity index is 644. The van der Waals surface area contributed by atoms with Crippen molar-refractivity contribution in [2.24, 2.45) is 0 Å². The Balaban J connectivity index is 1.97. The van der Waals surface area contributed by atoms with Crippen molar-refractivity contribution in [1.82, 2.24) is 4.90 Å². The molecule has 5 heteroatoms. The van der Waals surface area contributed by atoms with Crippen molar-refractivity contribution in [3.8, 4) is 11.5 Å². The molecule has 1 aromatic rings. The first-order chi connectivity index (χ1) is 10.6. The van der Waals surface area contributed by atoms with Crippen LogP contribution in [0.1, 0.15) is 17.5 Å². The van der Waals surface area contributed by atoms with Crippen molar-refractivity contribution < 1.29 is 19.7 Å². The van der Waals surface area contributed by atoms with Crippen LogP contribution in [0.2, 0.25) is 0 Å². The molecule has 1 spiro atoms. The van der Waals surface area contributed by atoms with Gasteiger partial charge in [0.25, 0.3) is 0 Å². The zero-order valence-electron chi connectivity index (χ0n) is 12.8. The fourth-order valence-corrected chi connectivity index (χ4v) is 4.11. The molecule has 3 aliphatic rings. The lowest BCUT2D eigenvalue weighted by molar-refractivity contribution is -0.0521. The molecule has 0 radical (unpaired) electrons. The van der Waals surface area contributed by atoms with E-state index in [1.807, 2.05) is 12.1 Å². The third-order valence-electron chi connectivity index (χ3n) is 5.24. The van der Waals surface area contributed by atoms with Gasteiger partial charge in [0.05, 0.1) is 12.5 Å². The lowest BCUT2D eigenvalue weighted by Gasteiger charge is -2.39. The molecular weight excluding hydrogens is 282 g/mol. The van der Waals surface area contributed by atoms with E-state index >= 15 is 0 Å². The summed E-state index contributed by atoms with van der Waals surface area (Å²) in [5.41, 5.74) is 1.93. The number of ether oxygens (including phenoxy) is 2. The fraction of sp³-hybridized carbons (Fsp3) is 0.529. The van der Waals surface area contributed by atoms with Crippen LogP contribution in [0.5, 0.6) is 11.5 Å². The summed E-state index contributed by atoms with van der Waals surface area (Å²) < 4.78 is 11.6. The molecule has 2 N–H and O–H groups in total. The van der Waals surface area contributed by atoms with Gasteiger partial charge in [-0.25, -0.2) is 0 Å². The molecular formula is C17H21NO4. The van der Waals surface area contributed by atoms with E-state index in [1.165, 1.54) is 5.56 Å². The van der Waals surface area contributed by atoms with E-state index in [2.05, 4.69) is 18.0 Å². The van der Waals surface area contributed by atoms with Gasteiger partial charge >= 0.3 is 0 Å². The van der Waals surface area contributed by atoms with Gasteiger partial charge in [-0.3, -0.25) is 0 Å². The lowest BCUT2D eigenvalue weighted by atomic mass is 9.68. The van der Waals surface area contributed by atoms with Crippen LogP contribution in [-0.4, -0.2) is 54.1 Å². The molecule has 4 atom stereocenters. The Morgan fingerprint density at radius 3 is 2.95 bits per heavy atom. The van der Waals surface area contributed by atoms with Crippen LogP contribution in [0.3, 0.4) is 0 Å². The van der Waals surface area contributed by atoms with Gasteiger partial charge in [0.2, 0.25) is 0 Å². The maximum absolute atomic E-state index is 10.5. The molecule has 2 aliphatic heterocycles. The van der Waals surface area contributed by atoms with Crippen molar-refractivity contribution in [3.05, 3.63) is 35.4 Å². The van der Waals surface area contributed by atoms with Gasteiger partial charge in [-0.05, 0) is 31.6 Å². The smallest absolute Gasteiger partial charge is 0.166 e. The zero-order valence-corrected chi connectivity index (χ0v) is 12.8. The van der Waals surface area contributed by atoms with Crippen molar-refractivity contribution >= 4 is 0 Å². The molecule has 1 aromatic carbocycles. The molecule has 0 bridgehead atoms. The first-order valence-electron chi connectivity index (χ1n) is 7.68. The largest absolute Gasteiger partial charge is 0.493 e. The number of hydrogen-bond donors (Lipinski definition) is 2. The van der Waals surface area contributed by atoms with E-state index in [-0.39, 0.29) is 5.41 Å². The van der Waals surface area contributed by atoms with Crippen molar-refractivity contribution in [1.29, 1.82) is 0 Å². The molecule has 0 unspecified atom stereocenters. The highest BCUT2D eigenvalue weighted by molar-refractivity contribution is 5.61. The van der Waals surface area contributed by atoms with Crippen LogP contribution in [-0.2, 0) is 12.0 Å². The Labute approximate surface area is 129 Å². The first-order valence-corrected chi connectivity index (χ1v) is 7.68. The molecule has 5 nitrogen and oxygen atoms in total. The number of nitrogens with zero attached hydrogens (tertiary/aromatic N) is 1. The van der Waals surface area contributed by atoms with E-state index in [0.29, 0.717) is 5.75 Å². The normalized spacial score (nSPS) is 36.3. The van der Waals surface area contributed by atoms with E-state index < -0.39 is 18.3 Å². The average molecular weight is 303 g/mol. The fourth-order valence-electron chi connectivity index (χ4n) is 4.11. The molecule has 2 heterocycles. The molecule has 118 valence electrons. The standard InChI is InChI=1S/C17H21NO4/c1-18-8-7-17-6-5-11(19)14(20)16(17)22-15-12(21-2)4-3-10(9-18)13(15)17/h3-6,11,14,16,19-20H,7-9H2,1-2H3/t11-,14+,16-,17+/m0/s1. The van der Waals surface area contributed by atoms with Crippen molar-refractivity contribution in [3.63, 3.8) is 0 Å². The molecule has 0 saturated carbocycles. The maximum Gasteiger partial charge on any atom is 0.166 e. The van der Waals surface area contributed by atoms with Gasteiger partial charge < -0.3 is 24.6 Å². The van der Waals surface area contributed by atoms with Gasteiger partial charge in [-0.15, -0.1) is 0 Å². The minimum Gasteiger partial charge on any atom is -0.493 e. The third-order valence-corrected chi connectivity index (χ3v) is 5.24. The summed E-state index contributed by atoms with van der Waals surface area (Å²) in [6.45, 7) is 1.75. The summed E-state index contributed by atoms with van der Waals surface area (Å²) in [5, 5.41) is 20.5. The Morgan fingerprint density at radius 2 is 2.18 bits per heavy atom. The van der Waals surface area contributed by atoms with E-state index in [1.54, 1.807) is 13.2 Å². The minimum absolute atomic E-state index is 0.386. The molecule has 1 aliphatic carbocycles. The second kappa shape index (κ2) is 4.72. The highest BCUT2D eigenvalue weighted by Crippen LogP contribution is 2.55. The summed E-state index contributed by atoms with van der Waals surface area (Å²) in [7, 11) is 3.72. The van der Waals surface area contributed by atoms with Crippen LogP contribution in [0, 0.1) is 0 Å². The highest BCUT2D eigenvalue weighted by atomic mass is 16.5. The number of aliphatic hydroxyl groups is 2. The van der Waals surface area contributed by atoms with Gasteiger partial charge in [0.15, 0.2) is 11.5 Å². The summed E-state index contributed by atoms with van der Waals surface area (Å²) in [6, 6.07) is 4.00. The predicted molar refractivity (Wildman–Crippen MR) is 81.2 cm³/mol. The Hall–Kier alpha value is -1.56. The number of rotatable bonds is 1. The van der Waals surface area contributed by atoms with E-state index in [4.69, 9.17) is 9.47 Å². The Kier molecular flexibility index (Phi) is 3.01. The lowest BCUT2D eigenvalue weighted by Crippen LogP contribution is -2.53. The molecule has 0 saturated heterocycles. The van der Waals surface area contributed by atoms with Crippen LogP contribution in [0.25, 0.3) is 0 Å². The molecule has 0 aromatic heterocycles. The summed E-state index contributed by atoms with van der Waals surface area (Å²) in [5.74, 6) is 1.41. The van der Waals surface area contributed by atoms with Crippen molar-refractivity contribution in [2.45, 2.75) is 36.7 Å². The van der Waals surface area contributed by atoms with Gasteiger partial charge in [0.1, 0.15) is 18.3 Å². The van der Waals surface area contributed by atoms with Gasteiger partial charge in [0, 0.05) is 12.1 Å². The second-order valence-corrected chi connectivity index (χ2v) is 6.54. The summed E-state index contributed by atoms with van der Waals surface area (Å²) in [4.78, 5) is 2.28. The molecule has 4 rings (SSSR count). The maximum atomic E-state index is 10.5. The minimum atomic E-state index is -0.932. The van der Waals surface area contributed by atoms with Crippen LogP contribution in [0.4, 0.5) is 0 Å². The summed E-state index contributed by atoms with van der Waals surface area (Å²) >= 11 is 0. The molecule has 22 heavy (non-hydrogen) atoms. The summed E-state index contributed by atoms with van der Waals surface area (Å²) in [6.07, 6.45) is 2.29. The van der Waals surface area contributed by atoms with Gasteiger partial charge in [-0.1, -0.05) is 18.2 Å². The molecule has 0 amide bonds. The van der Waals surface area contributed by atoms with Crippen LogP contribution >= 0.6 is 0 Å². The van der Waals surface area contributed by atoms with Gasteiger partial charge in [-0.2, -0.15) is 0 Å². The SMILES string of the molecule is COc1ccc2c3c1O[C@H]1[C@H](O)[C@@H](O)C=C[C@@]31CCN(C)C2. The average Bonchev–Trinajstić information content (AvgIpc) is 2.79. The number of hydrogen-bond acceptors (Lipinski definition) is 5. The van der Waals surface area contributed by atoms with Crippen molar-refractivity contribution in [2.75, 3.05) is 20.7 Å².